The quantitative estimate of drug-likeness (QED) is 0.0394. The molecule has 0 bridgehead atoms. The molecule has 1 rings (SSSR count). The highest BCUT2D eigenvalue weighted by Gasteiger charge is 2.31. The summed E-state index contributed by atoms with van der Waals surface area (Å²) in [6.45, 7) is 15.1. The molecule has 2 unspecified atom stereocenters. The molecule has 1 N–H and O–H groups in total. The Morgan fingerprint density at radius 1 is 0.620 bits per heavy atom. The van der Waals surface area contributed by atoms with E-state index in [1.807, 2.05) is 0 Å². The third kappa shape index (κ3) is 27.6. The standard InChI is InChI=1S/C45H87NO4/c1-5-8-11-14-17-20-29-38-49-45(48)35-28-22-25-32-43-40-46(36-37-47)39-42(43)31-24-21-23-30-41(4)50-44(33-26-18-15-12-9-6-2)34-27-19-16-13-10-7-3/h42-44,47H,4-40H2,1-3H3. The molecule has 1 aliphatic rings. The van der Waals surface area contributed by atoms with Crippen molar-refractivity contribution in [2.24, 2.45) is 11.8 Å². The highest BCUT2D eigenvalue weighted by Crippen LogP contribution is 2.32. The molecule has 0 aromatic rings. The van der Waals surface area contributed by atoms with Crippen molar-refractivity contribution in [1.29, 1.82) is 0 Å². The zero-order valence-corrected chi connectivity index (χ0v) is 34.0. The van der Waals surface area contributed by atoms with Gasteiger partial charge in [-0.1, -0.05) is 156 Å². The first-order valence-corrected chi connectivity index (χ1v) is 22.4. The van der Waals surface area contributed by atoms with Crippen LogP contribution in [0.4, 0.5) is 0 Å². The fourth-order valence-corrected chi connectivity index (χ4v) is 7.95. The van der Waals surface area contributed by atoms with Gasteiger partial charge in [0, 0.05) is 32.5 Å². The van der Waals surface area contributed by atoms with Gasteiger partial charge in [0.2, 0.25) is 0 Å². The smallest absolute Gasteiger partial charge is 0.305 e. The van der Waals surface area contributed by atoms with Gasteiger partial charge in [-0.25, -0.2) is 0 Å². The Labute approximate surface area is 312 Å². The Morgan fingerprint density at radius 2 is 1.06 bits per heavy atom. The fourth-order valence-electron chi connectivity index (χ4n) is 7.95. The van der Waals surface area contributed by atoms with Gasteiger partial charge in [-0.3, -0.25) is 4.79 Å². The molecule has 296 valence electrons. The van der Waals surface area contributed by atoms with Gasteiger partial charge in [0.25, 0.3) is 0 Å². The van der Waals surface area contributed by atoms with Crippen molar-refractivity contribution in [2.45, 2.75) is 226 Å². The predicted molar refractivity (Wildman–Crippen MR) is 216 cm³/mol. The molecule has 0 spiro atoms. The fraction of sp³-hybridized carbons (Fsp3) is 0.933. The number of allylic oxidation sites excluding steroid dienone is 1. The van der Waals surface area contributed by atoms with E-state index < -0.39 is 0 Å². The van der Waals surface area contributed by atoms with Crippen LogP contribution in [0.5, 0.6) is 0 Å². The number of β-amino-alcohol motifs (C(OH)–C–C–N with tert-alkyl or cyclic N) is 1. The number of hydrogen-bond donors (Lipinski definition) is 1. The molecular formula is C45H87NO4. The van der Waals surface area contributed by atoms with Crippen LogP contribution in [0.25, 0.3) is 0 Å². The molecule has 0 aliphatic carbocycles. The van der Waals surface area contributed by atoms with Gasteiger partial charge in [0.05, 0.1) is 25.1 Å². The normalized spacial score (nSPS) is 16.4. The summed E-state index contributed by atoms with van der Waals surface area (Å²) in [5, 5.41) is 9.57. The lowest BCUT2D eigenvalue weighted by Crippen LogP contribution is -2.24. The number of unbranched alkanes of at least 4 members (excludes halogenated alkanes) is 20. The molecule has 0 saturated carbocycles. The van der Waals surface area contributed by atoms with Crippen LogP contribution < -0.4 is 0 Å². The highest BCUT2D eigenvalue weighted by molar-refractivity contribution is 5.69. The van der Waals surface area contributed by atoms with Gasteiger partial charge in [0.1, 0.15) is 0 Å². The van der Waals surface area contributed by atoms with Crippen molar-refractivity contribution in [3.8, 4) is 0 Å². The lowest BCUT2D eigenvalue weighted by atomic mass is 9.87. The molecule has 0 radical (unpaired) electrons. The SMILES string of the molecule is C=C(CCCCCC1CN(CCO)CC1CCCCCC(=O)OCCCCCCCCC)OC(CCCCCCCC)CCCCCCCC. The number of esters is 1. The first-order chi connectivity index (χ1) is 24.5. The van der Waals surface area contributed by atoms with Crippen molar-refractivity contribution in [2.75, 3.05) is 32.8 Å². The van der Waals surface area contributed by atoms with E-state index in [1.54, 1.807) is 0 Å². The van der Waals surface area contributed by atoms with E-state index in [-0.39, 0.29) is 12.6 Å². The van der Waals surface area contributed by atoms with Gasteiger partial charge in [0.15, 0.2) is 0 Å². The van der Waals surface area contributed by atoms with Crippen molar-refractivity contribution >= 4 is 5.97 Å². The maximum Gasteiger partial charge on any atom is 0.305 e. The second-order valence-corrected chi connectivity index (χ2v) is 15.9. The number of hydrogen-bond acceptors (Lipinski definition) is 5. The number of carbonyl (C=O) groups excluding carboxylic acids is 1. The molecule has 1 aliphatic heterocycles. The van der Waals surface area contributed by atoms with Gasteiger partial charge < -0.3 is 19.5 Å². The van der Waals surface area contributed by atoms with Crippen molar-refractivity contribution in [1.82, 2.24) is 4.90 Å². The minimum atomic E-state index is -0.0111. The maximum atomic E-state index is 12.2. The molecule has 1 fully saturated rings. The zero-order valence-electron chi connectivity index (χ0n) is 34.0. The zero-order chi connectivity index (χ0) is 36.3. The largest absolute Gasteiger partial charge is 0.495 e. The Bertz CT molecular complexity index is 741. The molecule has 5 heteroatoms. The molecular weight excluding hydrogens is 618 g/mol. The van der Waals surface area contributed by atoms with Crippen LogP contribution in [0.3, 0.4) is 0 Å². The monoisotopic (exact) mass is 706 g/mol. The van der Waals surface area contributed by atoms with E-state index in [0.717, 1.165) is 57.0 Å². The third-order valence-electron chi connectivity index (χ3n) is 11.2. The Morgan fingerprint density at radius 3 is 1.56 bits per heavy atom. The van der Waals surface area contributed by atoms with Gasteiger partial charge in [-0.2, -0.15) is 0 Å². The van der Waals surface area contributed by atoms with E-state index in [2.05, 4.69) is 32.3 Å². The van der Waals surface area contributed by atoms with Crippen LogP contribution in [0.1, 0.15) is 220 Å². The topological polar surface area (TPSA) is 59.0 Å². The average Bonchev–Trinajstić information content (AvgIpc) is 3.49. The third-order valence-corrected chi connectivity index (χ3v) is 11.2. The van der Waals surface area contributed by atoms with Crippen LogP contribution in [0, 0.1) is 11.8 Å². The van der Waals surface area contributed by atoms with Crippen molar-refractivity contribution in [3.63, 3.8) is 0 Å². The second-order valence-electron chi connectivity index (χ2n) is 15.9. The van der Waals surface area contributed by atoms with Crippen LogP contribution in [-0.4, -0.2) is 54.9 Å². The average molecular weight is 706 g/mol. The van der Waals surface area contributed by atoms with E-state index in [0.29, 0.717) is 25.0 Å². The molecule has 0 amide bonds. The summed E-state index contributed by atoms with van der Waals surface area (Å²) in [7, 11) is 0. The van der Waals surface area contributed by atoms with Gasteiger partial charge in [-0.05, 0) is 69.6 Å². The molecule has 50 heavy (non-hydrogen) atoms. The minimum absolute atomic E-state index is 0.0111. The number of rotatable bonds is 38. The predicted octanol–water partition coefficient (Wildman–Crippen LogP) is 13.1. The second kappa shape index (κ2) is 35.0. The van der Waals surface area contributed by atoms with Crippen molar-refractivity contribution in [3.05, 3.63) is 12.3 Å². The number of likely N-dealkylation sites (tertiary alicyclic amines) is 1. The summed E-state index contributed by atoms with van der Waals surface area (Å²) in [4.78, 5) is 14.6. The number of aliphatic hydroxyl groups is 1. The highest BCUT2D eigenvalue weighted by atomic mass is 16.5. The van der Waals surface area contributed by atoms with Crippen LogP contribution in [-0.2, 0) is 14.3 Å². The first-order valence-electron chi connectivity index (χ1n) is 22.4. The summed E-state index contributed by atoms with van der Waals surface area (Å²) in [6.07, 6.45) is 38.6. The molecule has 0 aromatic heterocycles. The van der Waals surface area contributed by atoms with E-state index >= 15 is 0 Å². The maximum absolute atomic E-state index is 12.2. The summed E-state index contributed by atoms with van der Waals surface area (Å²) in [6, 6.07) is 0. The van der Waals surface area contributed by atoms with E-state index in [9.17, 15) is 9.90 Å². The molecule has 5 nitrogen and oxygen atoms in total. The number of carbonyl (C=O) groups is 1. The number of ether oxygens (including phenoxy) is 2. The summed E-state index contributed by atoms with van der Waals surface area (Å²) >= 11 is 0. The van der Waals surface area contributed by atoms with E-state index in [4.69, 9.17) is 9.47 Å². The lowest BCUT2D eigenvalue weighted by Gasteiger charge is -2.21. The molecule has 1 saturated heterocycles. The van der Waals surface area contributed by atoms with Crippen LogP contribution in [0.15, 0.2) is 12.3 Å². The lowest BCUT2D eigenvalue weighted by molar-refractivity contribution is -0.143. The summed E-state index contributed by atoms with van der Waals surface area (Å²) in [5.41, 5.74) is 0. The number of aliphatic hydroxyl groups excluding tert-OH is 1. The first kappa shape index (κ1) is 47.0. The Kier molecular flexibility index (Phi) is 32.9. The summed E-state index contributed by atoms with van der Waals surface area (Å²) in [5.74, 6) is 2.45. The van der Waals surface area contributed by atoms with Gasteiger partial charge >= 0.3 is 5.97 Å². The Balaban J connectivity index is 2.28. The van der Waals surface area contributed by atoms with E-state index in [1.165, 1.54) is 167 Å². The summed E-state index contributed by atoms with van der Waals surface area (Å²) < 4.78 is 12.0. The van der Waals surface area contributed by atoms with Crippen LogP contribution in [0.2, 0.25) is 0 Å². The van der Waals surface area contributed by atoms with Crippen LogP contribution >= 0.6 is 0 Å². The molecule has 2 atom stereocenters. The number of nitrogens with zero attached hydrogens (tertiary/aromatic N) is 1. The molecule has 0 aromatic carbocycles. The molecule has 1 heterocycles. The minimum Gasteiger partial charge on any atom is -0.495 e. The Hall–Kier alpha value is -1.07. The van der Waals surface area contributed by atoms with Gasteiger partial charge in [-0.15, -0.1) is 0 Å². The van der Waals surface area contributed by atoms with Crippen molar-refractivity contribution < 1.29 is 19.4 Å².